The van der Waals surface area contributed by atoms with Crippen molar-refractivity contribution in [3.63, 3.8) is 0 Å². The Balaban J connectivity index is 1.45. The van der Waals surface area contributed by atoms with Gasteiger partial charge in [0.1, 0.15) is 11.8 Å². The molecule has 0 aromatic heterocycles. The van der Waals surface area contributed by atoms with Crippen molar-refractivity contribution in [3.8, 4) is 0 Å². The minimum atomic E-state index is -0.511. The summed E-state index contributed by atoms with van der Waals surface area (Å²) in [6, 6.07) is 6.27. The van der Waals surface area contributed by atoms with Crippen LogP contribution in [0.25, 0.3) is 0 Å². The van der Waals surface area contributed by atoms with Crippen LogP contribution in [0.4, 0.5) is 5.69 Å². The van der Waals surface area contributed by atoms with E-state index in [4.69, 9.17) is 4.74 Å². The molecule has 31 heavy (non-hydrogen) atoms. The Bertz CT molecular complexity index is 878. The molecule has 1 atom stereocenters. The summed E-state index contributed by atoms with van der Waals surface area (Å²) in [7, 11) is 0. The number of benzene rings is 1. The maximum atomic E-state index is 12.4. The third-order valence-corrected chi connectivity index (χ3v) is 5.88. The van der Waals surface area contributed by atoms with Gasteiger partial charge in [-0.1, -0.05) is 11.8 Å². The average Bonchev–Trinajstić information content (AvgIpc) is 3.36. The van der Waals surface area contributed by atoms with Crippen molar-refractivity contribution < 1.29 is 23.9 Å². The summed E-state index contributed by atoms with van der Waals surface area (Å²) in [6.45, 7) is 5.04. The van der Waals surface area contributed by atoms with Gasteiger partial charge in [0.05, 0.1) is 6.10 Å². The van der Waals surface area contributed by atoms with E-state index in [9.17, 15) is 19.2 Å². The summed E-state index contributed by atoms with van der Waals surface area (Å²) in [5, 5.41) is 5.43. The van der Waals surface area contributed by atoms with Gasteiger partial charge in [-0.05, 0) is 51.0 Å². The Hall–Kier alpha value is -2.88. The van der Waals surface area contributed by atoms with E-state index in [0.717, 1.165) is 25.9 Å². The molecule has 1 saturated heterocycles. The first-order chi connectivity index (χ1) is 14.8. The lowest BCUT2D eigenvalue weighted by molar-refractivity contribution is -0.146. The molecular weight excluding hydrogens is 420 g/mol. The third-order valence-electron chi connectivity index (χ3n) is 4.67. The molecule has 2 aliphatic rings. The van der Waals surface area contributed by atoms with Gasteiger partial charge in [-0.15, -0.1) is 0 Å². The van der Waals surface area contributed by atoms with E-state index >= 15 is 0 Å². The van der Waals surface area contributed by atoms with Gasteiger partial charge in [0.25, 0.3) is 11.8 Å². The number of carbonyl (C=O) groups is 4. The summed E-state index contributed by atoms with van der Waals surface area (Å²) in [5.74, 6) is -1.50. The van der Waals surface area contributed by atoms with Gasteiger partial charge in [-0.2, -0.15) is 4.99 Å². The number of amidine groups is 1. The number of amides is 3. The number of thioether (sulfide) groups is 1. The van der Waals surface area contributed by atoms with Crippen LogP contribution in [0.2, 0.25) is 0 Å². The van der Waals surface area contributed by atoms with E-state index in [2.05, 4.69) is 20.5 Å². The molecule has 0 saturated carbocycles. The zero-order chi connectivity index (χ0) is 22.4. The number of nitrogens with one attached hydrogen (secondary N) is 2. The van der Waals surface area contributed by atoms with Crippen LogP contribution in [0.3, 0.4) is 0 Å². The lowest BCUT2D eigenvalue weighted by Crippen LogP contribution is -2.31. The van der Waals surface area contributed by atoms with Crippen LogP contribution in [0, 0.1) is 0 Å². The van der Waals surface area contributed by atoms with Gasteiger partial charge in [-0.3, -0.25) is 19.2 Å². The second-order valence-electron chi connectivity index (χ2n) is 7.58. The minimum absolute atomic E-state index is 0.0323. The highest BCUT2D eigenvalue weighted by atomic mass is 32.2. The van der Waals surface area contributed by atoms with E-state index in [1.807, 2.05) is 0 Å². The number of carbonyl (C=O) groups excluding carboxylic acids is 4. The summed E-state index contributed by atoms with van der Waals surface area (Å²) in [6.07, 6.45) is 1.97. The quantitative estimate of drug-likeness (QED) is 0.613. The molecule has 2 heterocycles. The van der Waals surface area contributed by atoms with E-state index in [-0.39, 0.29) is 30.9 Å². The average molecular weight is 447 g/mol. The first kappa shape index (κ1) is 22.8. The lowest BCUT2D eigenvalue weighted by Gasteiger charge is -2.16. The van der Waals surface area contributed by atoms with Crippen LogP contribution < -0.4 is 10.6 Å². The topological polar surface area (TPSA) is 117 Å². The highest BCUT2D eigenvalue weighted by molar-refractivity contribution is 8.15. The van der Waals surface area contributed by atoms with E-state index in [1.165, 1.54) is 11.8 Å². The first-order valence-electron chi connectivity index (χ1n) is 10.2. The molecule has 1 aromatic rings. The first-order valence-corrected chi connectivity index (χ1v) is 11.1. The highest BCUT2D eigenvalue weighted by Gasteiger charge is 2.33. The molecule has 3 amide bonds. The fourth-order valence-corrected chi connectivity index (χ4v) is 4.31. The predicted octanol–water partition coefficient (Wildman–Crippen LogP) is 1.79. The van der Waals surface area contributed by atoms with Crippen LogP contribution in [0.15, 0.2) is 29.3 Å². The monoisotopic (exact) mass is 446 g/mol. The van der Waals surface area contributed by atoms with Crippen molar-refractivity contribution in [2.24, 2.45) is 4.99 Å². The SMILES string of the molecule is CC(C)OC(=O)CNC(=O)c1ccc(NC(=O)CC2SC(N3CCCC3)=NC2=O)cc1. The number of rotatable bonds is 7. The van der Waals surface area contributed by atoms with Crippen molar-refractivity contribution in [3.05, 3.63) is 29.8 Å². The minimum Gasteiger partial charge on any atom is -0.462 e. The van der Waals surface area contributed by atoms with E-state index in [1.54, 1.807) is 38.1 Å². The second-order valence-corrected chi connectivity index (χ2v) is 8.75. The van der Waals surface area contributed by atoms with Gasteiger partial charge < -0.3 is 20.3 Å². The number of esters is 1. The molecule has 0 bridgehead atoms. The normalized spacial score (nSPS) is 18.2. The molecule has 1 unspecified atom stereocenters. The molecule has 1 aromatic carbocycles. The van der Waals surface area contributed by atoms with Crippen molar-refractivity contribution in [2.45, 2.75) is 44.5 Å². The van der Waals surface area contributed by atoms with Gasteiger partial charge in [0, 0.05) is 30.8 Å². The van der Waals surface area contributed by atoms with Crippen LogP contribution in [-0.2, 0) is 19.1 Å². The molecule has 2 aliphatic heterocycles. The van der Waals surface area contributed by atoms with Crippen LogP contribution in [0.5, 0.6) is 0 Å². The Labute approximate surface area is 185 Å². The zero-order valence-electron chi connectivity index (χ0n) is 17.6. The Morgan fingerprint density at radius 3 is 2.52 bits per heavy atom. The van der Waals surface area contributed by atoms with Crippen molar-refractivity contribution in [1.29, 1.82) is 0 Å². The maximum Gasteiger partial charge on any atom is 0.325 e. The Kier molecular flexibility index (Phi) is 7.67. The largest absolute Gasteiger partial charge is 0.462 e. The molecule has 1 fully saturated rings. The lowest BCUT2D eigenvalue weighted by atomic mass is 10.2. The summed E-state index contributed by atoms with van der Waals surface area (Å²) < 4.78 is 4.96. The van der Waals surface area contributed by atoms with Gasteiger partial charge >= 0.3 is 5.97 Å². The smallest absolute Gasteiger partial charge is 0.325 e. The molecule has 0 spiro atoms. The summed E-state index contributed by atoms with van der Waals surface area (Å²) in [5.41, 5.74) is 0.859. The molecular formula is C21H26N4O5S. The fraction of sp³-hybridized carbons (Fsp3) is 0.476. The molecule has 3 rings (SSSR count). The number of anilines is 1. The van der Waals surface area contributed by atoms with Gasteiger partial charge in [0.15, 0.2) is 5.17 Å². The zero-order valence-corrected chi connectivity index (χ0v) is 18.4. The molecule has 10 heteroatoms. The second kappa shape index (κ2) is 10.4. The number of likely N-dealkylation sites (tertiary alicyclic amines) is 1. The molecule has 0 radical (unpaired) electrons. The Morgan fingerprint density at radius 2 is 1.87 bits per heavy atom. The molecule has 2 N–H and O–H groups in total. The molecule has 0 aliphatic carbocycles. The standard InChI is InChI=1S/C21H26N4O5S/c1-13(2)30-18(27)12-22-19(28)14-5-7-15(8-6-14)23-17(26)11-16-20(29)24-21(31-16)25-9-3-4-10-25/h5-8,13,16H,3-4,9-12H2,1-2H3,(H,22,28)(H,23,26). The van der Waals surface area contributed by atoms with Crippen LogP contribution >= 0.6 is 11.8 Å². The summed E-state index contributed by atoms with van der Waals surface area (Å²) >= 11 is 1.35. The van der Waals surface area contributed by atoms with Gasteiger partial charge in [0.2, 0.25) is 5.91 Å². The van der Waals surface area contributed by atoms with E-state index in [0.29, 0.717) is 16.4 Å². The third kappa shape index (κ3) is 6.55. The number of ether oxygens (including phenoxy) is 1. The number of hydrogen-bond donors (Lipinski definition) is 2. The number of aliphatic imine (C=N–C) groups is 1. The molecule has 9 nitrogen and oxygen atoms in total. The maximum absolute atomic E-state index is 12.4. The van der Waals surface area contributed by atoms with Crippen molar-refractivity contribution in [1.82, 2.24) is 10.2 Å². The number of nitrogens with zero attached hydrogens (tertiary/aromatic N) is 2. The van der Waals surface area contributed by atoms with E-state index < -0.39 is 17.1 Å². The van der Waals surface area contributed by atoms with Crippen LogP contribution in [0.1, 0.15) is 43.5 Å². The number of hydrogen-bond acceptors (Lipinski definition) is 7. The fourth-order valence-electron chi connectivity index (χ4n) is 3.20. The molecule has 166 valence electrons. The Morgan fingerprint density at radius 1 is 1.19 bits per heavy atom. The van der Waals surface area contributed by atoms with Gasteiger partial charge in [-0.25, -0.2) is 0 Å². The van der Waals surface area contributed by atoms with Crippen molar-refractivity contribution >= 4 is 46.3 Å². The van der Waals surface area contributed by atoms with Crippen LogP contribution in [-0.4, -0.2) is 64.7 Å². The van der Waals surface area contributed by atoms with Crippen molar-refractivity contribution in [2.75, 3.05) is 25.0 Å². The summed E-state index contributed by atoms with van der Waals surface area (Å²) in [4.78, 5) is 54.3. The predicted molar refractivity (Wildman–Crippen MR) is 118 cm³/mol. The highest BCUT2D eigenvalue weighted by Crippen LogP contribution is 2.29.